The van der Waals surface area contributed by atoms with Crippen molar-refractivity contribution in [2.24, 2.45) is 11.8 Å². The maximum atomic E-state index is 14.3. The van der Waals surface area contributed by atoms with Crippen LogP contribution >= 0.6 is 11.3 Å². The summed E-state index contributed by atoms with van der Waals surface area (Å²) < 4.78 is 44.1. The van der Waals surface area contributed by atoms with Crippen molar-refractivity contribution in [1.82, 2.24) is 20.1 Å². The fourth-order valence-corrected chi connectivity index (χ4v) is 7.10. The summed E-state index contributed by atoms with van der Waals surface area (Å²) in [7, 11) is 0. The number of amides is 1. The van der Waals surface area contributed by atoms with Crippen LogP contribution in [0.25, 0.3) is 0 Å². The lowest BCUT2D eigenvalue weighted by atomic mass is 9.89. The summed E-state index contributed by atoms with van der Waals surface area (Å²) in [6, 6.07) is 8.98. The Hall–Kier alpha value is -3.21. The highest BCUT2D eigenvalue weighted by molar-refractivity contribution is 7.12. The number of alkyl halides is 3. The van der Waals surface area contributed by atoms with Crippen molar-refractivity contribution in [1.29, 1.82) is 0 Å². The smallest absolute Gasteiger partial charge is 0.352 e. The number of anilines is 1. The molecule has 2 saturated carbocycles. The fourth-order valence-electron chi connectivity index (χ4n) is 5.74. The van der Waals surface area contributed by atoms with E-state index in [0.29, 0.717) is 44.0 Å². The van der Waals surface area contributed by atoms with Gasteiger partial charge in [-0.05, 0) is 68.9 Å². The molecule has 2 fully saturated rings. The molecule has 6 rings (SSSR count). The van der Waals surface area contributed by atoms with Gasteiger partial charge in [0.1, 0.15) is 5.78 Å². The largest absolute Gasteiger partial charge is 0.451 e. The number of fused-ring (bicyclic) bond motifs is 1. The van der Waals surface area contributed by atoms with Crippen molar-refractivity contribution < 1.29 is 22.8 Å². The fraction of sp³-hybridized carbons (Fsp3) is 0.533. The third-order valence-electron chi connectivity index (χ3n) is 8.33. The van der Waals surface area contributed by atoms with Gasteiger partial charge in [-0.15, -0.1) is 21.5 Å². The van der Waals surface area contributed by atoms with E-state index >= 15 is 0 Å². The van der Waals surface area contributed by atoms with Crippen LogP contribution in [0.2, 0.25) is 0 Å². The molecule has 218 valence electrons. The van der Waals surface area contributed by atoms with E-state index in [-0.39, 0.29) is 36.4 Å². The number of aromatic nitrogens is 3. The average molecular weight is 586 g/mol. The highest BCUT2D eigenvalue weighted by Gasteiger charge is 2.43. The zero-order chi connectivity index (χ0) is 28.7. The van der Waals surface area contributed by atoms with Crippen LogP contribution in [-0.2, 0) is 36.8 Å². The van der Waals surface area contributed by atoms with Gasteiger partial charge in [0, 0.05) is 47.8 Å². The summed E-state index contributed by atoms with van der Waals surface area (Å²) in [4.78, 5) is 29.8. The maximum absolute atomic E-state index is 14.3. The second-order valence-electron chi connectivity index (χ2n) is 11.5. The number of halogens is 3. The van der Waals surface area contributed by atoms with E-state index in [1.165, 1.54) is 15.9 Å². The van der Waals surface area contributed by atoms with E-state index in [1.807, 2.05) is 42.2 Å². The van der Waals surface area contributed by atoms with Gasteiger partial charge in [0.05, 0.1) is 5.56 Å². The summed E-state index contributed by atoms with van der Waals surface area (Å²) in [5, 5.41) is 10.7. The van der Waals surface area contributed by atoms with Crippen LogP contribution in [0.1, 0.15) is 82.1 Å². The number of benzene rings is 1. The molecular formula is C30H34F3N5O2S. The highest BCUT2D eigenvalue weighted by Crippen LogP contribution is 2.43. The molecule has 3 aliphatic carbocycles. The summed E-state index contributed by atoms with van der Waals surface area (Å²) in [5.41, 5.74) is 2.24. The number of carbonyl (C=O) groups excluding carboxylic acids is 2. The predicted molar refractivity (Wildman–Crippen MR) is 150 cm³/mol. The maximum Gasteiger partial charge on any atom is 0.451 e. The SMILES string of the molecule is CCN(Cc1ccccc1)c1nnc(C(F)(F)F)n1C1CCc2sc(CC(=O)C3CC3)c(C(=O)NCC3CC3)c2C1. The molecule has 2 heterocycles. The number of carbonyl (C=O) groups is 2. The monoisotopic (exact) mass is 585 g/mol. The van der Waals surface area contributed by atoms with Crippen molar-refractivity contribution in [3.8, 4) is 0 Å². The Bertz CT molecular complexity index is 1430. The molecule has 11 heteroatoms. The van der Waals surface area contributed by atoms with Crippen molar-refractivity contribution >= 4 is 29.0 Å². The molecule has 2 aromatic heterocycles. The Morgan fingerprint density at radius 2 is 1.85 bits per heavy atom. The number of hydrogen-bond acceptors (Lipinski definition) is 6. The van der Waals surface area contributed by atoms with Crippen LogP contribution in [0.15, 0.2) is 30.3 Å². The Morgan fingerprint density at radius 1 is 1.10 bits per heavy atom. The molecule has 1 aromatic carbocycles. The number of thiophene rings is 1. The normalized spacial score (nSPS) is 18.7. The molecule has 7 nitrogen and oxygen atoms in total. The van der Waals surface area contributed by atoms with E-state index in [4.69, 9.17) is 0 Å². The van der Waals surface area contributed by atoms with Gasteiger partial charge in [0.15, 0.2) is 0 Å². The van der Waals surface area contributed by atoms with E-state index in [2.05, 4.69) is 15.5 Å². The Labute approximate surface area is 241 Å². The van der Waals surface area contributed by atoms with Crippen LogP contribution in [0.5, 0.6) is 0 Å². The zero-order valence-electron chi connectivity index (χ0n) is 23.0. The lowest BCUT2D eigenvalue weighted by molar-refractivity contribution is -0.148. The zero-order valence-corrected chi connectivity index (χ0v) is 23.9. The van der Waals surface area contributed by atoms with Crippen molar-refractivity contribution in [3.05, 3.63) is 62.6 Å². The summed E-state index contributed by atoms with van der Waals surface area (Å²) in [6.45, 7) is 3.32. The number of rotatable bonds is 11. The summed E-state index contributed by atoms with van der Waals surface area (Å²) in [6.07, 6.45) is 0.742. The van der Waals surface area contributed by atoms with Gasteiger partial charge in [0.2, 0.25) is 11.8 Å². The molecule has 41 heavy (non-hydrogen) atoms. The van der Waals surface area contributed by atoms with Crippen molar-refractivity contribution in [2.45, 2.75) is 77.1 Å². The molecule has 0 saturated heterocycles. The Kier molecular flexibility index (Phi) is 7.65. The highest BCUT2D eigenvalue weighted by atomic mass is 32.1. The molecule has 1 N–H and O–H groups in total. The van der Waals surface area contributed by atoms with Gasteiger partial charge < -0.3 is 10.2 Å². The molecule has 0 aliphatic heterocycles. The van der Waals surface area contributed by atoms with Gasteiger partial charge in [-0.2, -0.15) is 13.2 Å². The molecule has 1 atom stereocenters. The van der Waals surface area contributed by atoms with Crippen LogP contribution in [0.3, 0.4) is 0 Å². The van der Waals surface area contributed by atoms with Gasteiger partial charge >= 0.3 is 6.18 Å². The van der Waals surface area contributed by atoms with E-state index in [9.17, 15) is 22.8 Å². The summed E-state index contributed by atoms with van der Waals surface area (Å²) >= 11 is 1.48. The lowest BCUT2D eigenvalue weighted by Gasteiger charge is -2.30. The number of aryl methyl sites for hydroxylation is 1. The molecular weight excluding hydrogens is 551 g/mol. The number of nitrogens with zero attached hydrogens (tertiary/aromatic N) is 4. The lowest BCUT2D eigenvalue weighted by Crippen LogP contribution is -2.31. The average Bonchev–Trinajstić information content (AvgIpc) is 3.88. The van der Waals surface area contributed by atoms with Gasteiger partial charge in [0.25, 0.3) is 5.91 Å². The molecule has 0 spiro atoms. The third-order valence-corrected chi connectivity index (χ3v) is 9.62. The predicted octanol–water partition coefficient (Wildman–Crippen LogP) is 5.78. The van der Waals surface area contributed by atoms with Crippen LogP contribution in [-0.4, -0.2) is 39.5 Å². The molecule has 0 bridgehead atoms. The first-order valence-electron chi connectivity index (χ1n) is 14.5. The van der Waals surface area contributed by atoms with Crippen LogP contribution in [0.4, 0.5) is 19.1 Å². The first-order valence-corrected chi connectivity index (χ1v) is 15.3. The number of nitrogens with one attached hydrogen (secondary N) is 1. The Morgan fingerprint density at radius 3 is 2.51 bits per heavy atom. The van der Waals surface area contributed by atoms with Crippen LogP contribution < -0.4 is 10.2 Å². The summed E-state index contributed by atoms with van der Waals surface area (Å²) in [5.74, 6) is -0.355. The van der Waals surface area contributed by atoms with E-state index in [0.717, 1.165) is 46.6 Å². The van der Waals surface area contributed by atoms with Crippen LogP contribution in [0, 0.1) is 11.8 Å². The second-order valence-corrected chi connectivity index (χ2v) is 12.7. The van der Waals surface area contributed by atoms with E-state index in [1.54, 1.807) is 0 Å². The number of Topliss-reactive ketones (excluding diaryl/α,β-unsaturated/α-hetero) is 1. The quantitative estimate of drug-likeness (QED) is 0.309. The van der Waals surface area contributed by atoms with Gasteiger partial charge in [-0.1, -0.05) is 30.3 Å². The minimum Gasteiger partial charge on any atom is -0.352 e. The molecule has 1 amide bonds. The Balaban J connectivity index is 1.35. The molecule has 3 aliphatic rings. The molecule has 0 radical (unpaired) electrons. The number of ketones is 1. The third kappa shape index (κ3) is 6.05. The molecule has 1 unspecified atom stereocenters. The van der Waals surface area contributed by atoms with Crippen molar-refractivity contribution in [3.63, 3.8) is 0 Å². The minimum absolute atomic E-state index is 0.0721. The topological polar surface area (TPSA) is 80.1 Å². The van der Waals surface area contributed by atoms with Gasteiger partial charge in [-0.25, -0.2) is 0 Å². The first-order chi connectivity index (χ1) is 19.7. The van der Waals surface area contributed by atoms with E-state index < -0.39 is 18.0 Å². The van der Waals surface area contributed by atoms with Crippen molar-refractivity contribution in [2.75, 3.05) is 18.0 Å². The second kappa shape index (κ2) is 11.2. The van der Waals surface area contributed by atoms with Gasteiger partial charge in [-0.3, -0.25) is 14.2 Å². The molecule has 3 aromatic rings. The number of hydrogen-bond donors (Lipinski definition) is 1. The minimum atomic E-state index is -4.68. The first kappa shape index (κ1) is 27.9. The standard InChI is InChI=1S/C30H34F3N5O2S/c1-2-37(17-19-6-4-3-5-7-19)29-36-35-28(30(31,32)33)38(29)21-12-13-24-22(14-21)26(27(40)34-16-18-8-9-18)25(41-24)15-23(39)20-10-11-20/h3-7,18,20-21H,2,8-17H2,1H3,(H,34,40).